The standard InChI is InChI=1S/C23H29BrN4O3S.C2HF3O2/c1-27(16-12-18-8-10-19(11-9-18)23-25-13-14-26-23)22(29)7-4-15-28(2)32(30,31)21-6-3-5-20(24)17-21;3-2(4,5)1(6)7/h3,5-6,8-11,17H,4,7,12-16H2,1-2H3,(H,25,26);(H,6,7). The number of nitrogens with zero attached hydrogens (tertiary/aromatic N) is 3. The molecule has 0 saturated heterocycles. The maximum absolute atomic E-state index is 12.7. The number of likely N-dealkylation sites (N-methyl/N-ethyl adjacent to an activating group) is 1. The molecule has 214 valence electrons. The second-order valence-corrected chi connectivity index (χ2v) is 11.6. The van der Waals surface area contributed by atoms with E-state index in [0.717, 1.165) is 36.5 Å². The monoisotopic (exact) mass is 634 g/mol. The van der Waals surface area contributed by atoms with Crippen LogP contribution in [0.1, 0.15) is 24.0 Å². The molecule has 0 saturated carbocycles. The molecule has 0 fully saturated rings. The van der Waals surface area contributed by atoms with Crippen molar-refractivity contribution in [2.75, 3.05) is 40.3 Å². The molecular weight excluding hydrogens is 605 g/mol. The van der Waals surface area contributed by atoms with Crippen LogP contribution in [0.5, 0.6) is 0 Å². The third-order valence-electron chi connectivity index (χ3n) is 5.67. The predicted molar refractivity (Wildman–Crippen MR) is 144 cm³/mol. The Morgan fingerprint density at radius 3 is 2.28 bits per heavy atom. The van der Waals surface area contributed by atoms with E-state index >= 15 is 0 Å². The van der Waals surface area contributed by atoms with Gasteiger partial charge >= 0.3 is 12.1 Å². The summed E-state index contributed by atoms with van der Waals surface area (Å²) in [6.45, 7) is 2.60. The van der Waals surface area contributed by atoms with Crippen molar-refractivity contribution in [1.29, 1.82) is 0 Å². The fourth-order valence-corrected chi connectivity index (χ4v) is 5.22. The van der Waals surface area contributed by atoms with Crippen LogP contribution in [0.15, 0.2) is 62.9 Å². The number of hydrogen-bond acceptors (Lipinski definition) is 6. The number of carbonyl (C=O) groups excluding carboxylic acids is 1. The number of carboxylic acid groups (broad SMARTS) is 1. The zero-order valence-electron chi connectivity index (χ0n) is 21.4. The van der Waals surface area contributed by atoms with Gasteiger partial charge in [-0.2, -0.15) is 13.2 Å². The van der Waals surface area contributed by atoms with E-state index in [2.05, 4.69) is 50.5 Å². The Morgan fingerprint density at radius 2 is 1.74 bits per heavy atom. The van der Waals surface area contributed by atoms with Crippen molar-refractivity contribution < 1.29 is 36.3 Å². The van der Waals surface area contributed by atoms with Crippen LogP contribution in [-0.4, -0.2) is 86.9 Å². The molecule has 0 radical (unpaired) electrons. The van der Waals surface area contributed by atoms with E-state index in [4.69, 9.17) is 9.90 Å². The number of carbonyl (C=O) groups is 2. The summed E-state index contributed by atoms with van der Waals surface area (Å²) in [5.41, 5.74) is 2.24. The van der Waals surface area contributed by atoms with Crippen molar-refractivity contribution >= 4 is 43.7 Å². The first-order chi connectivity index (χ1) is 18.2. The predicted octanol–water partition coefficient (Wildman–Crippen LogP) is 3.53. The van der Waals surface area contributed by atoms with Gasteiger partial charge in [0.1, 0.15) is 5.84 Å². The van der Waals surface area contributed by atoms with E-state index in [-0.39, 0.29) is 17.3 Å². The van der Waals surface area contributed by atoms with Crippen LogP contribution < -0.4 is 5.32 Å². The Balaban J connectivity index is 0.000000673. The Labute approximate surface area is 233 Å². The van der Waals surface area contributed by atoms with Crippen molar-refractivity contribution in [1.82, 2.24) is 14.5 Å². The number of halogens is 4. The van der Waals surface area contributed by atoms with Gasteiger partial charge in [0.05, 0.1) is 11.4 Å². The minimum Gasteiger partial charge on any atom is -0.475 e. The van der Waals surface area contributed by atoms with E-state index < -0.39 is 22.2 Å². The molecule has 2 aromatic rings. The van der Waals surface area contributed by atoms with Gasteiger partial charge in [-0.15, -0.1) is 0 Å². The number of amidine groups is 1. The summed E-state index contributed by atoms with van der Waals surface area (Å²) in [6, 6.07) is 14.9. The fraction of sp³-hybridized carbons (Fsp3) is 0.400. The minimum atomic E-state index is -5.08. The summed E-state index contributed by atoms with van der Waals surface area (Å²) in [5.74, 6) is -1.80. The summed E-state index contributed by atoms with van der Waals surface area (Å²) in [4.78, 5) is 27.7. The second kappa shape index (κ2) is 14.4. The average molecular weight is 636 g/mol. The smallest absolute Gasteiger partial charge is 0.475 e. The topological polar surface area (TPSA) is 119 Å². The molecule has 1 amide bonds. The molecule has 0 aliphatic carbocycles. The Bertz CT molecular complexity index is 1270. The highest BCUT2D eigenvalue weighted by Crippen LogP contribution is 2.19. The van der Waals surface area contributed by atoms with Gasteiger partial charge in [-0.05, 0) is 36.6 Å². The van der Waals surface area contributed by atoms with Gasteiger partial charge in [0.25, 0.3) is 0 Å². The number of aliphatic carboxylic acids is 1. The van der Waals surface area contributed by atoms with Crippen LogP contribution in [0.3, 0.4) is 0 Å². The van der Waals surface area contributed by atoms with Crippen molar-refractivity contribution in [2.24, 2.45) is 4.99 Å². The molecule has 14 heteroatoms. The first-order valence-electron chi connectivity index (χ1n) is 11.9. The largest absolute Gasteiger partial charge is 0.490 e. The molecule has 1 heterocycles. The molecule has 3 rings (SSSR count). The van der Waals surface area contributed by atoms with Crippen molar-refractivity contribution in [2.45, 2.75) is 30.3 Å². The lowest BCUT2D eigenvalue weighted by molar-refractivity contribution is -0.192. The normalized spacial score (nSPS) is 13.3. The summed E-state index contributed by atoms with van der Waals surface area (Å²) in [7, 11) is -0.240. The van der Waals surface area contributed by atoms with E-state index in [9.17, 15) is 26.4 Å². The number of benzene rings is 2. The first kappa shape index (κ1) is 32.2. The van der Waals surface area contributed by atoms with E-state index in [1.807, 2.05) is 0 Å². The number of alkyl halides is 3. The van der Waals surface area contributed by atoms with Crippen LogP contribution in [0.4, 0.5) is 13.2 Å². The SMILES string of the molecule is CN(CCc1ccc(C2=NCCN2)cc1)C(=O)CCCN(C)S(=O)(=O)c1cccc(Br)c1.O=C(O)C(F)(F)F. The molecule has 0 bridgehead atoms. The van der Waals surface area contributed by atoms with Gasteiger partial charge in [0.15, 0.2) is 0 Å². The summed E-state index contributed by atoms with van der Waals surface area (Å²) in [6.07, 6.45) is -3.55. The van der Waals surface area contributed by atoms with Gasteiger partial charge in [-0.3, -0.25) is 9.79 Å². The Kier molecular flexibility index (Phi) is 11.9. The number of aliphatic imine (C=N–C) groups is 1. The maximum atomic E-state index is 12.7. The van der Waals surface area contributed by atoms with Crippen molar-refractivity contribution in [3.05, 3.63) is 64.1 Å². The average Bonchev–Trinajstić information content (AvgIpc) is 3.42. The number of sulfonamides is 1. The first-order valence-corrected chi connectivity index (χ1v) is 14.1. The van der Waals surface area contributed by atoms with Gasteiger partial charge in [0.2, 0.25) is 15.9 Å². The lowest BCUT2D eigenvalue weighted by Crippen LogP contribution is -2.31. The number of amides is 1. The van der Waals surface area contributed by atoms with Crippen LogP contribution in [0.25, 0.3) is 0 Å². The number of carboxylic acids is 1. The molecule has 39 heavy (non-hydrogen) atoms. The maximum Gasteiger partial charge on any atom is 0.490 e. The van der Waals surface area contributed by atoms with Gasteiger partial charge in [0, 0.05) is 50.2 Å². The highest BCUT2D eigenvalue weighted by Gasteiger charge is 2.38. The molecular formula is C25H30BrF3N4O5S. The van der Waals surface area contributed by atoms with Crippen molar-refractivity contribution in [3.63, 3.8) is 0 Å². The Morgan fingerprint density at radius 1 is 1.10 bits per heavy atom. The van der Waals surface area contributed by atoms with Crippen LogP contribution in [0.2, 0.25) is 0 Å². The second-order valence-electron chi connectivity index (χ2n) is 8.61. The zero-order chi connectivity index (χ0) is 29.2. The lowest BCUT2D eigenvalue weighted by Gasteiger charge is -2.20. The van der Waals surface area contributed by atoms with Gasteiger partial charge in [-0.1, -0.05) is 46.3 Å². The molecule has 0 atom stereocenters. The molecule has 9 nitrogen and oxygen atoms in total. The Hall–Kier alpha value is -2.97. The number of rotatable bonds is 10. The van der Waals surface area contributed by atoms with Gasteiger partial charge in [-0.25, -0.2) is 17.5 Å². The third-order valence-corrected chi connectivity index (χ3v) is 8.02. The molecule has 0 unspecified atom stereocenters. The molecule has 1 aliphatic heterocycles. The summed E-state index contributed by atoms with van der Waals surface area (Å²) < 4.78 is 59.1. The highest BCUT2D eigenvalue weighted by molar-refractivity contribution is 9.10. The molecule has 1 aliphatic rings. The van der Waals surface area contributed by atoms with E-state index in [1.54, 1.807) is 43.3 Å². The summed E-state index contributed by atoms with van der Waals surface area (Å²) >= 11 is 3.30. The van der Waals surface area contributed by atoms with Crippen LogP contribution in [-0.2, 0) is 26.0 Å². The van der Waals surface area contributed by atoms with E-state index in [0.29, 0.717) is 23.9 Å². The van der Waals surface area contributed by atoms with Crippen LogP contribution in [0, 0.1) is 0 Å². The number of hydrogen-bond donors (Lipinski definition) is 2. The number of nitrogens with one attached hydrogen (secondary N) is 1. The zero-order valence-corrected chi connectivity index (χ0v) is 23.8. The molecule has 0 aromatic heterocycles. The third kappa shape index (κ3) is 10.3. The molecule has 2 N–H and O–H groups in total. The molecule has 2 aromatic carbocycles. The summed E-state index contributed by atoms with van der Waals surface area (Å²) in [5, 5.41) is 10.4. The lowest BCUT2D eigenvalue weighted by atomic mass is 10.1. The van der Waals surface area contributed by atoms with Crippen LogP contribution >= 0.6 is 15.9 Å². The molecule has 0 spiro atoms. The fourth-order valence-electron chi connectivity index (χ4n) is 3.41. The van der Waals surface area contributed by atoms with Crippen molar-refractivity contribution in [3.8, 4) is 0 Å². The van der Waals surface area contributed by atoms with E-state index in [1.165, 1.54) is 4.31 Å². The van der Waals surface area contributed by atoms with Gasteiger partial charge < -0.3 is 15.3 Å². The highest BCUT2D eigenvalue weighted by atomic mass is 79.9. The quantitative estimate of drug-likeness (QED) is 0.413. The minimum absolute atomic E-state index is 0.0133.